The second kappa shape index (κ2) is 5.89. The molecule has 0 radical (unpaired) electrons. The predicted molar refractivity (Wildman–Crippen MR) is 66.2 cm³/mol. The van der Waals surface area contributed by atoms with Crippen molar-refractivity contribution in [2.45, 2.75) is 19.4 Å². The van der Waals surface area contributed by atoms with Gasteiger partial charge < -0.3 is 10.2 Å². The van der Waals surface area contributed by atoms with Crippen molar-refractivity contribution in [2.24, 2.45) is 0 Å². The van der Waals surface area contributed by atoms with Crippen molar-refractivity contribution in [1.29, 1.82) is 0 Å². The van der Waals surface area contributed by atoms with Gasteiger partial charge >= 0.3 is 0 Å². The second-order valence-corrected chi connectivity index (χ2v) is 4.29. The van der Waals surface area contributed by atoms with Crippen molar-refractivity contribution in [3.05, 3.63) is 35.4 Å². The monoisotopic (exact) mass is 206 g/mol. The average Bonchev–Trinajstić information content (AvgIpc) is 2.21. The molecule has 1 unspecified atom stereocenters. The zero-order valence-corrected chi connectivity index (χ0v) is 10.2. The van der Waals surface area contributed by atoms with E-state index in [0.717, 1.165) is 13.0 Å². The second-order valence-electron chi connectivity index (χ2n) is 4.29. The fourth-order valence-electron chi connectivity index (χ4n) is 1.82. The molecule has 15 heavy (non-hydrogen) atoms. The van der Waals surface area contributed by atoms with Gasteiger partial charge in [-0.05, 0) is 52.2 Å². The topological polar surface area (TPSA) is 15.3 Å². The van der Waals surface area contributed by atoms with Crippen LogP contribution in [-0.2, 0) is 0 Å². The predicted octanol–water partition coefficient (Wildman–Crippen LogP) is 2.21. The van der Waals surface area contributed by atoms with Crippen molar-refractivity contribution in [3.8, 4) is 0 Å². The summed E-state index contributed by atoms with van der Waals surface area (Å²) in [5, 5.41) is 3.39. The molecule has 2 heteroatoms. The summed E-state index contributed by atoms with van der Waals surface area (Å²) >= 11 is 0. The van der Waals surface area contributed by atoms with Crippen LogP contribution >= 0.6 is 0 Å². The van der Waals surface area contributed by atoms with Crippen LogP contribution < -0.4 is 5.32 Å². The van der Waals surface area contributed by atoms with E-state index in [1.54, 1.807) is 0 Å². The van der Waals surface area contributed by atoms with Gasteiger partial charge in [-0.3, -0.25) is 0 Å². The van der Waals surface area contributed by atoms with E-state index in [0.29, 0.717) is 6.04 Å². The van der Waals surface area contributed by atoms with Crippen molar-refractivity contribution >= 4 is 0 Å². The molecule has 0 saturated carbocycles. The minimum Gasteiger partial charge on any atom is -0.313 e. The lowest BCUT2D eigenvalue weighted by Gasteiger charge is -2.20. The third-order valence-corrected chi connectivity index (χ3v) is 2.78. The molecule has 0 saturated heterocycles. The molecule has 1 N–H and O–H groups in total. The molecule has 0 bridgehead atoms. The Morgan fingerprint density at radius 1 is 1.27 bits per heavy atom. The highest BCUT2D eigenvalue weighted by molar-refractivity contribution is 5.28. The van der Waals surface area contributed by atoms with Gasteiger partial charge in [-0.1, -0.05) is 24.3 Å². The average molecular weight is 206 g/mol. The number of aryl methyl sites for hydroxylation is 1. The molecule has 0 heterocycles. The molecular formula is C13H22N2. The molecule has 2 nitrogen and oxygen atoms in total. The minimum atomic E-state index is 0.466. The molecule has 1 aromatic rings. The number of hydrogen-bond acceptors (Lipinski definition) is 2. The number of nitrogens with one attached hydrogen (secondary N) is 1. The lowest BCUT2D eigenvalue weighted by molar-refractivity contribution is 0.368. The van der Waals surface area contributed by atoms with E-state index in [2.05, 4.69) is 55.5 Å². The first-order chi connectivity index (χ1) is 7.15. The van der Waals surface area contributed by atoms with E-state index in [9.17, 15) is 0 Å². The molecule has 84 valence electrons. The molecule has 1 atom stereocenters. The molecule has 1 rings (SSSR count). The van der Waals surface area contributed by atoms with Gasteiger partial charge in [-0.25, -0.2) is 0 Å². The minimum absolute atomic E-state index is 0.466. The summed E-state index contributed by atoms with van der Waals surface area (Å²) in [7, 11) is 6.27. The lowest BCUT2D eigenvalue weighted by Crippen LogP contribution is -2.23. The normalized spacial score (nSPS) is 13.1. The summed E-state index contributed by atoms with van der Waals surface area (Å²) in [4.78, 5) is 2.22. The molecule has 0 fully saturated rings. The van der Waals surface area contributed by atoms with Crippen LogP contribution in [0.25, 0.3) is 0 Å². The number of hydrogen-bond donors (Lipinski definition) is 1. The molecule has 0 aliphatic rings. The highest BCUT2D eigenvalue weighted by Crippen LogP contribution is 2.19. The van der Waals surface area contributed by atoms with Gasteiger partial charge in [0.05, 0.1) is 0 Å². The third-order valence-electron chi connectivity index (χ3n) is 2.78. The van der Waals surface area contributed by atoms with Crippen molar-refractivity contribution in [1.82, 2.24) is 10.2 Å². The van der Waals surface area contributed by atoms with Gasteiger partial charge in [0.1, 0.15) is 0 Å². The molecule has 0 spiro atoms. The summed E-state index contributed by atoms with van der Waals surface area (Å²) < 4.78 is 0. The van der Waals surface area contributed by atoms with Crippen LogP contribution in [-0.4, -0.2) is 32.6 Å². The quantitative estimate of drug-likeness (QED) is 0.794. The number of rotatable bonds is 5. The first-order valence-corrected chi connectivity index (χ1v) is 5.52. The van der Waals surface area contributed by atoms with Crippen LogP contribution in [0.4, 0.5) is 0 Å². The first kappa shape index (κ1) is 12.2. The highest BCUT2D eigenvalue weighted by atomic mass is 15.1. The zero-order valence-electron chi connectivity index (χ0n) is 10.2. The van der Waals surface area contributed by atoms with E-state index >= 15 is 0 Å². The molecule has 0 aliphatic heterocycles. The Balaban J connectivity index is 2.70. The van der Waals surface area contributed by atoms with Gasteiger partial charge in [0.2, 0.25) is 0 Å². The Morgan fingerprint density at radius 3 is 2.47 bits per heavy atom. The molecule has 0 aromatic heterocycles. The van der Waals surface area contributed by atoms with Crippen molar-refractivity contribution in [2.75, 3.05) is 27.7 Å². The fourth-order valence-corrected chi connectivity index (χ4v) is 1.82. The summed E-state index contributed by atoms with van der Waals surface area (Å²) in [5.74, 6) is 0. The van der Waals surface area contributed by atoms with E-state index in [1.165, 1.54) is 11.1 Å². The van der Waals surface area contributed by atoms with Crippen LogP contribution in [0.15, 0.2) is 24.3 Å². The van der Waals surface area contributed by atoms with E-state index in [4.69, 9.17) is 0 Å². The number of benzene rings is 1. The summed E-state index contributed by atoms with van der Waals surface area (Å²) in [6.45, 7) is 3.29. The lowest BCUT2D eigenvalue weighted by atomic mass is 9.99. The Hall–Kier alpha value is -0.860. The fraction of sp³-hybridized carbons (Fsp3) is 0.538. The summed E-state index contributed by atoms with van der Waals surface area (Å²) in [6.07, 6.45) is 1.15. The van der Waals surface area contributed by atoms with Gasteiger partial charge in [0, 0.05) is 6.04 Å². The molecule has 1 aromatic carbocycles. The Kier molecular flexibility index (Phi) is 4.79. The Morgan fingerprint density at radius 2 is 1.93 bits per heavy atom. The summed E-state index contributed by atoms with van der Waals surface area (Å²) in [5.41, 5.74) is 2.79. The van der Waals surface area contributed by atoms with Gasteiger partial charge in [-0.15, -0.1) is 0 Å². The first-order valence-electron chi connectivity index (χ1n) is 5.52. The number of nitrogens with zero attached hydrogens (tertiary/aromatic N) is 1. The van der Waals surface area contributed by atoms with Crippen LogP contribution in [0, 0.1) is 6.92 Å². The van der Waals surface area contributed by atoms with Crippen LogP contribution in [0.5, 0.6) is 0 Å². The maximum absolute atomic E-state index is 3.39. The van der Waals surface area contributed by atoms with Gasteiger partial charge in [-0.2, -0.15) is 0 Å². The molecule has 0 aliphatic carbocycles. The zero-order chi connectivity index (χ0) is 11.3. The third kappa shape index (κ3) is 3.65. The van der Waals surface area contributed by atoms with Crippen molar-refractivity contribution < 1.29 is 0 Å². The van der Waals surface area contributed by atoms with E-state index in [-0.39, 0.29) is 0 Å². The smallest absolute Gasteiger partial charge is 0.0332 e. The van der Waals surface area contributed by atoms with Crippen LogP contribution in [0.1, 0.15) is 23.6 Å². The standard InChI is InChI=1S/C13H22N2/c1-11-7-5-6-8-12(11)13(14-2)9-10-15(3)4/h5-8,13-14H,9-10H2,1-4H3. The van der Waals surface area contributed by atoms with Gasteiger partial charge in [0.15, 0.2) is 0 Å². The summed E-state index contributed by atoms with van der Waals surface area (Å²) in [6, 6.07) is 9.06. The van der Waals surface area contributed by atoms with Crippen LogP contribution in [0.2, 0.25) is 0 Å². The maximum atomic E-state index is 3.39. The van der Waals surface area contributed by atoms with E-state index < -0.39 is 0 Å². The molecule has 0 amide bonds. The highest BCUT2D eigenvalue weighted by Gasteiger charge is 2.10. The van der Waals surface area contributed by atoms with Gasteiger partial charge in [0.25, 0.3) is 0 Å². The van der Waals surface area contributed by atoms with Crippen molar-refractivity contribution in [3.63, 3.8) is 0 Å². The maximum Gasteiger partial charge on any atom is 0.0332 e. The largest absolute Gasteiger partial charge is 0.313 e. The SMILES string of the molecule is CNC(CCN(C)C)c1ccccc1C. The Bertz CT molecular complexity index is 294. The van der Waals surface area contributed by atoms with E-state index in [1.807, 2.05) is 7.05 Å². The Labute approximate surface area is 93.3 Å². The molecular weight excluding hydrogens is 184 g/mol. The van der Waals surface area contributed by atoms with Crippen LogP contribution in [0.3, 0.4) is 0 Å².